The Balaban J connectivity index is 2.32. The van der Waals surface area contributed by atoms with Gasteiger partial charge < -0.3 is 11.1 Å². The van der Waals surface area contributed by atoms with Crippen LogP contribution in [0.3, 0.4) is 0 Å². The Morgan fingerprint density at radius 1 is 1.10 bits per heavy atom. The van der Waals surface area contributed by atoms with Crippen molar-refractivity contribution in [3.8, 4) is 0 Å². The second-order valence-corrected chi connectivity index (χ2v) is 5.52. The van der Waals surface area contributed by atoms with Crippen molar-refractivity contribution < 1.29 is 4.79 Å². The van der Waals surface area contributed by atoms with Crippen LogP contribution < -0.4 is 11.1 Å². The predicted octanol–water partition coefficient (Wildman–Crippen LogP) is 4.79. The van der Waals surface area contributed by atoms with Crippen molar-refractivity contribution in [3.63, 3.8) is 0 Å². The summed E-state index contributed by atoms with van der Waals surface area (Å²) < 4.78 is 0. The molecule has 0 spiro atoms. The summed E-state index contributed by atoms with van der Waals surface area (Å²) in [6.45, 7) is 1.83. The van der Waals surface area contributed by atoms with Gasteiger partial charge in [-0.15, -0.1) is 0 Å². The van der Waals surface area contributed by atoms with Crippen molar-refractivity contribution >= 4 is 52.1 Å². The maximum absolute atomic E-state index is 12.2. The first-order valence-corrected chi connectivity index (χ1v) is 6.84. The lowest BCUT2D eigenvalue weighted by atomic mass is 10.1. The topological polar surface area (TPSA) is 55.1 Å². The van der Waals surface area contributed by atoms with Crippen molar-refractivity contribution in [1.82, 2.24) is 0 Å². The van der Waals surface area contributed by atoms with E-state index in [1.165, 1.54) is 6.07 Å². The first-order chi connectivity index (χ1) is 9.38. The van der Waals surface area contributed by atoms with E-state index < -0.39 is 5.91 Å². The smallest absolute Gasteiger partial charge is 0.257 e. The zero-order valence-electron chi connectivity index (χ0n) is 10.5. The highest BCUT2D eigenvalue weighted by Gasteiger charge is 2.13. The van der Waals surface area contributed by atoms with Crippen molar-refractivity contribution in [2.24, 2.45) is 0 Å². The van der Waals surface area contributed by atoms with Crippen LogP contribution in [-0.2, 0) is 0 Å². The third kappa shape index (κ3) is 3.18. The summed E-state index contributed by atoms with van der Waals surface area (Å²) in [4.78, 5) is 12.2. The molecule has 0 aliphatic rings. The minimum absolute atomic E-state index is 0.273. The van der Waals surface area contributed by atoms with Crippen molar-refractivity contribution in [2.75, 3.05) is 11.1 Å². The van der Waals surface area contributed by atoms with Crippen LogP contribution in [0.5, 0.6) is 0 Å². The van der Waals surface area contributed by atoms with E-state index in [0.29, 0.717) is 26.4 Å². The average Bonchev–Trinajstić information content (AvgIpc) is 2.38. The van der Waals surface area contributed by atoms with Gasteiger partial charge in [-0.25, -0.2) is 0 Å². The van der Waals surface area contributed by atoms with Gasteiger partial charge in [0.05, 0.1) is 22.0 Å². The molecule has 6 heteroatoms. The second kappa shape index (κ2) is 5.92. The predicted molar refractivity (Wildman–Crippen MR) is 85.0 cm³/mol. The van der Waals surface area contributed by atoms with Crippen LogP contribution in [-0.4, -0.2) is 5.91 Å². The Morgan fingerprint density at radius 2 is 1.80 bits per heavy atom. The fourth-order valence-electron chi connectivity index (χ4n) is 1.67. The Bertz CT molecular complexity index is 686. The van der Waals surface area contributed by atoms with Gasteiger partial charge in [0.15, 0.2) is 0 Å². The lowest BCUT2D eigenvalue weighted by Crippen LogP contribution is -2.14. The monoisotopic (exact) mass is 328 g/mol. The zero-order chi connectivity index (χ0) is 14.9. The number of amides is 1. The van der Waals surface area contributed by atoms with E-state index in [0.717, 1.165) is 5.56 Å². The van der Waals surface area contributed by atoms with E-state index >= 15 is 0 Å². The van der Waals surface area contributed by atoms with E-state index in [2.05, 4.69) is 5.32 Å². The molecule has 104 valence electrons. The fourth-order valence-corrected chi connectivity index (χ4v) is 2.21. The molecular formula is C14H11Cl3N2O. The molecule has 1 amide bonds. The Labute approximate surface area is 131 Å². The number of rotatable bonds is 2. The molecule has 0 atom stereocenters. The SMILES string of the molecule is Cc1cc(N)c(NC(=O)c2cc(Cl)ccc2Cl)cc1Cl. The van der Waals surface area contributed by atoms with E-state index in [4.69, 9.17) is 40.5 Å². The highest BCUT2D eigenvalue weighted by molar-refractivity contribution is 6.36. The lowest BCUT2D eigenvalue weighted by molar-refractivity contribution is 0.102. The van der Waals surface area contributed by atoms with Gasteiger partial charge in [-0.2, -0.15) is 0 Å². The first-order valence-electron chi connectivity index (χ1n) is 5.70. The van der Waals surface area contributed by atoms with Gasteiger partial charge in [-0.1, -0.05) is 34.8 Å². The Hall–Kier alpha value is -1.42. The second-order valence-electron chi connectivity index (χ2n) is 4.27. The minimum atomic E-state index is -0.399. The number of nitrogens with one attached hydrogen (secondary N) is 1. The number of anilines is 2. The lowest BCUT2D eigenvalue weighted by Gasteiger charge is -2.11. The summed E-state index contributed by atoms with van der Waals surface area (Å²) in [5.41, 5.74) is 7.82. The summed E-state index contributed by atoms with van der Waals surface area (Å²) in [6.07, 6.45) is 0. The number of carbonyl (C=O) groups is 1. The number of carbonyl (C=O) groups excluding carboxylic acids is 1. The Kier molecular flexibility index (Phi) is 4.43. The van der Waals surface area contributed by atoms with Crippen molar-refractivity contribution in [3.05, 3.63) is 56.5 Å². The van der Waals surface area contributed by atoms with Crippen LogP contribution >= 0.6 is 34.8 Å². The number of halogens is 3. The summed E-state index contributed by atoms with van der Waals surface area (Å²) >= 11 is 17.9. The molecular weight excluding hydrogens is 319 g/mol. The van der Waals surface area contributed by atoms with Crippen LogP contribution in [0.4, 0.5) is 11.4 Å². The van der Waals surface area contributed by atoms with Gasteiger partial charge in [0.25, 0.3) is 5.91 Å². The molecule has 0 unspecified atom stereocenters. The molecule has 0 aliphatic carbocycles. The maximum Gasteiger partial charge on any atom is 0.257 e. The fraction of sp³-hybridized carbons (Fsp3) is 0.0714. The first kappa shape index (κ1) is 15.0. The molecule has 0 aliphatic heterocycles. The molecule has 0 saturated heterocycles. The highest BCUT2D eigenvalue weighted by Crippen LogP contribution is 2.28. The van der Waals surface area contributed by atoms with Gasteiger partial charge in [-0.05, 0) is 42.8 Å². The molecule has 20 heavy (non-hydrogen) atoms. The maximum atomic E-state index is 12.2. The van der Waals surface area contributed by atoms with Gasteiger partial charge in [0.2, 0.25) is 0 Å². The van der Waals surface area contributed by atoms with Crippen molar-refractivity contribution in [2.45, 2.75) is 6.92 Å². The Morgan fingerprint density at radius 3 is 2.50 bits per heavy atom. The van der Waals surface area contributed by atoms with E-state index in [1.54, 1.807) is 24.3 Å². The van der Waals surface area contributed by atoms with Crippen LogP contribution in [0.25, 0.3) is 0 Å². The molecule has 3 nitrogen and oxygen atoms in total. The molecule has 0 saturated carbocycles. The summed E-state index contributed by atoms with van der Waals surface area (Å²) in [5.74, 6) is -0.399. The molecule has 0 heterocycles. The number of aryl methyl sites for hydroxylation is 1. The van der Waals surface area contributed by atoms with Crippen LogP contribution in [0.2, 0.25) is 15.1 Å². The molecule has 2 aromatic carbocycles. The molecule has 2 rings (SSSR count). The van der Waals surface area contributed by atoms with Crippen LogP contribution in [0, 0.1) is 6.92 Å². The normalized spacial score (nSPS) is 10.4. The van der Waals surface area contributed by atoms with Gasteiger partial charge in [0, 0.05) is 10.0 Å². The third-order valence-electron chi connectivity index (χ3n) is 2.75. The summed E-state index contributed by atoms with van der Waals surface area (Å²) in [6, 6.07) is 7.95. The van der Waals surface area contributed by atoms with Crippen LogP contribution in [0.15, 0.2) is 30.3 Å². The standard InChI is InChI=1S/C14H11Cl3N2O/c1-7-4-12(18)13(6-11(7)17)19-14(20)9-5-8(15)2-3-10(9)16/h2-6H,18H2,1H3,(H,19,20). The summed E-state index contributed by atoms with van der Waals surface area (Å²) in [5, 5.41) is 3.93. The van der Waals surface area contributed by atoms with E-state index in [9.17, 15) is 4.79 Å². The third-order valence-corrected chi connectivity index (χ3v) is 3.72. The molecule has 0 fully saturated rings. The summed E-state index contributed by atoms with van der Waals surface area (Å²) in [7, 11) is 0. The minimum Gasteiger partial charge on any atom is -0.397 e. The largest absolute Gasteiger partial charge is 0.397 e. The van der Waals surface area contributed by atoms with Gasteiger partial charge >= 0.3 is 0 Å². The number of nitrogen functional groups attached to an aromatic ring is 1. The molecule has 0 bridgehead atoms. The molecule has 0 radical (unpaired) electrons. The molecule has 0 aromatic heterocycles. The van der Waals surface area contributed by atoms with E-state index in [-0.39, 0.29) is 5.56 Å². The zero-order valence-corrected chi connectivity index (χ0v) is 12.8. The van der Waals surface area contributed by atoms with E-state index in [1.807, 2.05) is 6.92 Å². The van der Waals surface area contributed by atoms with Gasteiger partial charge in [0.1, 0.15) is 0 Å². The molecule has 2 aromatic rings. The molecule has 3 N–H and O–H groups in total. The average molecular weight is 330 g/mol. The highest BCUT2D eigenvalue weighted by atomic mass is 35.5. The number of nitrogens with two attached hydrogens (primary N) is 1. The van der Waals surface area contributed by atoms with Crippen molar-refractivity contribution in [1.29, 1.82) is 0 Å². The van der Waals surface area contributed by atoms with Gasteiger partial charge in [-0.3, -0.25) is 4.79 Å². The number of benzene rings is 2. The number of hydrogen-bond donors (Lipinski definition) is 2. The quantitative estimate of drug-likeness (QED) is 0.778. The van der Waals surface area contributed by atoms with Crippen LogP contribution in [0.1, 0.15) is 15.9 Å². The number of hydrogen-bond acceptors (Lipinski definition) is 2.